The zero-order chi connectivity index (χ0) is 12.4. The molecule has 1 aliphatic rings. The minimum atomic E-state index is -1.12. The van der Waals surface area contributed by atoms with Crippen molar-refractivity contribution in [1.29, 1.82) is 0 Å². The Balaban J connectivity index is 2.05. The van der Waals surface area contributed by atoms with Gasteiger partial charge in [0.05, 0.1) is 6.10 Å². The molecule has 1 unspecified atom stereocenters. The first kappa shape index (κ1) is 11.5. The number of tetrazole rings is 1. The van der Waals surface area contributed by atoms with Gasteiger partial charge in [0.15, 0.2) is 0 Å². The fourth-order valence-corrected chi connectivity index (χ4v) is 1.81. The number of carbonyl (C=O) groups is 2. The minimum Gasteiger partial charge on any atom is -0.480 e. The Kier molecular flexibility index (Phi) is 3.00. The lowest BCUT2D eigenvalue weighted by molar-refractivity contribution is -0.148. The molecule has 0 aromatic carbocycles. The summed E-state index contributed by atoms with van der Waals surface area (Å²) in [5, 5.41) is 28.6. The Labute approximate surface area is 95.6 Å². The molecule has 0 bridgehead atoms. The Morgan fingerprint density at radius 3 is 2.82 bits per heavy atom. The van der Waals surface area contributed by atoms with E-state index in [0.29, 0.717) is 0 Å². The van der Waals surface area contributed by atoms with Crippen LogP contribution in [0.1, 0.15) is 6.42 Å². The van der Waals surface area contributed by atoms with Crippen molar-refractivity contribution in [2.24, 2.45) is 0 Å². The molecular weight excluding hydrogens is 230 g/mol. The molecule has 0 spiro atoms. The normalized spacial score (nSPS) is 23.9. The van der Waals surface area contributed by atoms with Gasteiger partial charge >= 0.3 is 5.97 Å². The van der Waals surface area contributed by atoms with Crippen LogP contribution in [0.15, 0.2) is 6.33 Å². The van der Waals surface area contributed by atoms with Crippen LogP contribution in [-0.4, -0.2) is 65.9 Å². The third-order valence-electron chi connectivity index (χ3n) is 2.57. The Morgan fingerprint density at radius 1 is 1.47 bits per heavy atom. The van der Waals surface area contributed by atoms with Crippen molar-refractivity contribution in [2.45, 2.75) is 25.1 Å². The summed E-state index contributed by atoms with van der Waals surface area (Å²) < 4.78 is 1.20. The van der Waals surface area contributed by atoms with E-state index in [-0.39, 0.29) is 19.5 Å². The molecule has 2 rings (SSSR count). The number of aliphatic hydroxyl groups excluding tert-OH is 1. The first-order valence-electron chi connectivity index (χ1n) is 4.99. The summed E-state index contributed by atoms with van der Waals surface area (Å²) in [4.78, 5) is 23.9. The molecule has 2 N–H and O–H groups in total. The zero-order valence-electron chi connectivity index (χ0n) is 8.80. The Hall–Kier alpha value is -2.03. The van der Waals surface area contributed by atoms with E-state index >= 15 is 0 Å². The number of hydrogen-bond acceptors (Lipinski definition) is 6. The van der Waals surface area contributed by atoms with Gasteiger partial charge < -0.3 is 15.1 Å². The van der Waals surface area contributed by atoms with Crippen molar-refractivity contribution in [3.63, 3.8) is 0 Å². The fraction of sp³-hybridized carbons (Fsp3) is 0.625. The molecule has 1 aromatic rings. The summed E-state index contributed by atoms with van der Waals surface area (Å²) in [5.74, 6) is -1.55. The van der Waals surface area contributed by atoms with E-state index in [9.17, 15) is 14.7 Å². The lowest BCUT2D eigenvalue weighted by atomic mass is 10.2. The number of hydrogen-bond donors (Lipinski definition) is 2. The van der Waals surface area contributed by atoms with E-state index in [0.717, 1.165) is 4.90 Å². The van der Waals surface area contributed by atoms with E-state index in [2.05, 4.69) is 15.5 Å². The number of rotatable bonds is 3. The largest absolute Gasteiger partial charge is 0.480 e. The minimum absolute atomic E-state index is 0.0257. The fourth-order valence-electron chi connectivity index (χ4n) is 1.81. The number of likely N-dealkylation sites (tertiary alicyclic amines) is 1. The highest BCUT2D eigenvalue weighted by atomic mass is 16.4. The molecule has 9 nitrogen and oxygen atoms in total. The second-order valence-corrected chi connectivity index (χ2v) is 3.80. The molecule has 1 saturated heterocycles. The van der Waals surface area contributed by atoms with Crippen LogP contribution < -0.4 is 0 Å². The molecule has 2 heterocycles. The van der Waals surface area contributed by atoms with Gasteiger partial charge in [-0.05, 0) is 10.4 Å². The highest BCUT2D eigenvalue weighted by Crippen LogP contribution is 2.18. The van der Waals surface area contributed by atoms with Crippen molar-refractivity contribution in [1.82, 2.24) is 25.1 Å². The van der Waals surface area contributed by atoms with Gasteiger partial charge in [0.25, 0.3) is 0 Å². The van der Waals surface area contributed by atoms with Crippen LogP contribution in [0.5, 0.6) is 0 Å². The van der Waals surface area contributed by atoms with Crippen molar-refractivity contribution >= 4 is 11.9 Å². The Morgan fingerprint density at radius 2 is 2.24 bits per heavy atom. The summed E-state index contributed by atoms with van der Waals surface area (Å²) in [7, 11) is 0. The highest BCUT2D eigenvalue weighted by Gasteiger charge is 2.38. The molecule has 17 heavy (non-hydrogen) atoms. The summed E-state index contributed by atoms with van der Waals surface area (Å²) >= 11 is 0. The van der Waals surface area contributed by atoms with Gasteiger partial charge in [-0.1, -0.05) is 0 Å². The average molecular weight is 241 g/mol. The first-order chi connectivity index (χ1) is 8.08. The summed E-state index contributed by atoms with van der Waals surface area (Å²) in [6, 6.07) is -0.978. The third-order valence-corrected chi connectivity index (χ3v) is 2.57. The summed E-state index contributed by atoms with van der Waals surface area (Å²) in [6.07, 6.45) is 0.519. The predicted octanol–water partition coefficient (Wildman–Crippen LogP) is -2.28. The molecular formula is C8H11N5O4. The summed E-state index contributed by atoms with van der Waals surface area (Å²) in [5.41, 5.74) is 0. The van der Waals surface area contributed by atoms with Crippen LogP contribution in [0.3, 0.4) is 0 Å². The molecule has 1 aliphatic heterocycles. The lowest BCUT2D eigenvalue weighted by Gasteiger charge is -2.20. The number of carboxylic acids is 1. The molecule has 0 aliphatic carbocycles. The first-order valence-corrected chi connectivity index (χ1v) is 4.99. The quantitative estimate of drug-likeness (QED) is 0.611. The van der Waals surface area contributed by atoms with Gasteiger partial charge in [-0.2, -0.15) is 0 Å². The number of aromatic nitrogens is 4. The van der Waals surface area contributed by atoms with Gasteiger partial charge in [0.2, 0.25) is 5.91 Å². The van der Waals surface area contributed by atoms with E-state index in [1.807, 2.05) is 0 Å². The molecule has 9 heteroatoms. The topological polar surface area (TPSA) is 121 Å². The molecule has 0 radical (unpaired) electrons. The summed E-state index contributed by atoms with van der Waals surface area (Å²) in [6.45, 7) is -0.110. The standard InChI is InChI=1S/C8H11N5O4/c14-5-1-6(8(16)17)13(2-5)7(15)3-12-4-9-10-11-12/h4-6,14H,1-3H2,(H,16,17)/t5?,6-/m0/s1. The van der Waals surface area contributed by atoms with Crippen LogP contribution in [0.25, 0.3) is 0 Å². The highest BCUT2D eigenvalue weighted by molar-refractivity contribution is 5.84. The maximum atomic E-state index is 11.8. The van der Waals surface area contributed by atoms with E-state index in [1.54, 1.807) is 0 Å². The predicted molar refractivity (Wildman–Crippen MR) is 51.6 cm³/mol. The smallest absolute Gasteiger partial charge is 0.326 e. The zero-order valence-corrected chi connectivity index (χ0v) is 8.80. The molecule has 92 valence electrons. The van der Waals surface area contributed by atoms with Crippen LogP contribution in [0.2, 0.25) is 0 Å². The van der Waals surface area contributed by atoms with Crippen LogP contribution >= 0.6 is 0 Å². The van der Waals surface area contributed by atoms with Crippen molar-refractivity contribution < 1.29 is 19.8 Å². The van der Waals surface area contributed by atoms with Crippen LogP contribution in [-0.2, 0) is 16.1 Å². The van der Waals surface area contributed by atoms with Crippen molar-refractivity contribution in [3.8, 4) is 0 Å². The average Bonchev–Trinajstić information content (AvgIpc) is 2.86. The number of aliphatic hydroxyl groups is 1. The van der Waals surface area contributed by atoms with Crippen LogP contribution in [0.4, 0.5) is 0 Å². The third kappa shape index (κ3) is 2.38. The monoisotopic (exact) mass is 241 g/mol. The maximum absolute atomic E-state index is 11.8. The van der Waals surface area contributed by atoms with E-state index in [1.165, 1.54) is 11.0 Å². The van der Waals surface area contributed by atoms with Gasteiger partial charge in [-0.3, -0.25) is 4.79 Å². The maximum Gasteiger partial charge on any atom is 0.326 e. The van der Waals surface area contributed by atoms with Gasteiger partial charge in [-0.15, -0.1) is 5.10 Å². The second kappa shape index (κ2) is 4.45. The number of β-amino-alcohol motifs (C(OH)–C–C–N with tert-alkyl or cyclic N) is 1. The lowest BCUT2D eigenvalue weighted by Crippen LogP contribution is -2.42. The molecule has 1 fully saturated rings. The number of amides is 1. The molecule has 2 atom stereocenters. The van der Waals surface area contributed by atoms with Crippen molar-refractivity contribution in [2.75, 3.05) is 6.54 Å². The van der Waals surface area contributed by atoms with E-state index < -0.39 is 24.0 Å². The molecule has 0 saturated carbocycles. The van der Waals surface area contributed by atoms with Gasteiger partial charge in [0.1, 0.15) is 18.9 Å². The number of carboxylic acid groups (broad SMARTS) is 1. The second-order valence-electron chi connectivity index (χ2n) is 3.80. The Bertz CT molecular complexity index is 420. The van der Waals surface area contributed by atoms with Crippen molar-refractivity contribution in [3.05, 3.63) is 6.33 Å². The molecule has 1 aromatic heterocycles. The van der Waals surface area contributed by atoms with E-state index in [4.69, 9.17) is 5.11 Å². The van der Waals surface area contributed by atoms with Gasteiger partial charge in [-0.25, -0.2) is 9.48 Å². The number of aliphatic carboxylic acids is 1. The SMILES string of the molecule is O=C(O)[C@@H]1CC(O)CN1C(=O)Cn1cnnn1. The van der Waals surface area contributed by atoms with Gasteiger partial charge in [0, 0.05) is 13.0 Å². The number of nitrogens with zero attached hydrogens (tertiary/aromatic N) is 5. The number of carbonyl (C=O) groups excluding carboxylic acids is 1. The molecule has 1 amide bonds. The van der Waals surface area contributed by atoms with Crippen LogP contribution in [0, 0.1) is 0 Å².